The second-order valence-electron chi connectivity index (χ2n) is 7.23. The lowest BCUT2D eigenvalue weighted by Crippen LogP contribution is -2.14. The topological polar surface area (TPSA) is 143 Å². The first-order valence-corrected chi connectivity index (χ1v) is 15.2. The number of nitrogens with two attached hydrogens (primary N) is 2. The standard InChI is InChI=1S/C9H13N3.C6H10.C5H11NO.C3H8.C2H5I.C2H4O.C2H6.CH3NO/c10-6-8-4-3-7-2-1-5-11-9(7)12-8;1-4-6(3)5-2;1-6-4-2-3-5-7;1-3-2;2*1-2-3;1-2;2-1-3/h3-4H,1-2,5-6,10H2,(H,11,12);1,6H,5H2,2-3H3;5-6H,2-4H2,1H3;3H2,1-2H3;2H2,1H3;2-3H,1H2;1-2H3;1H,(H2,2,3). The van der Waals surface area contributed by atoms with Crippen LogP contribution < -0.4 is 22.1 Å². The van der Waals surface area contributed by atoms with Crippen molar-refractivity contribution in [3.63, 3.8) is 0 Å². The van der Waals surface area contributed by atoms with Gasteiger partial charge in [-0.15, -0.1) is 12.3 Å². The highest BCUT2D eigenvalue weighted by Crippen LogP contribution is 2.19. The first-order chi connectivity index (χ1) is 18.8. The van der Waals surface area contributed by atoms with Crippen LogP contribution in [0.5, 0.6) is 0 Å². The molecular formula is C30H60IN5O3. The summed E-state index contributed by atoms with van der Waals surface area (Å²) in [7, 11) is 1.88. The average molecular weight is 666 g/mol. The van der Waals surface area contributed by atoms with E-state index in [0.29, 0.717) is 18.9 Å². The summed E-state index contributed by atoms with van der Waals surface area (Å²) in [4.78, 5) is 22.6. The number of anilines is 1. The molecule has 9 heteroatoms. The predicted octanol–water partition coefficient (Wildman–Crippen LogP) is 6.42. The second-order valence-corrected chi connectivity index (χ2v) is 8.75. The summed E-state index contributed by atoms with van der Waals surface area (Å²) in [6.07, 6.45) is 13.3. The van der Waals surface area contributed by atoms with E-state index in [1.165, 1.54) is 22.8 Å². The van der Waals surface area contributed by atoms with E-state index in [1.807, 2.05) is 33.9 Å². The molecule has 230 valence electrons. The Morgan fingerprint density at radius 3 is 2.10 bits per heavy atom. The van der Waals surface area contributed by atoms with E-state index in [1.54, 1.807) is 0 Å². The van der Waals surface area contributed by atoms with Gasteiger partial charge in [-0.1, -0.05) is 90.1 Å². The summed E-state index contributed by atoms with van der Waals surface area (Å²) in [5.74, 6) is 4.11. The van der Waals surface area contributed by atoms with Crippen molar-refractivity contribution in [1.29, 1.82) is 0 Å². The number of terminal acetylenes is 1. The van der Waals surface area contributed by atoms with Crippen LogP contribution in [0.4, 0.5) is 5.82 Å². The maximum atomic E-state index is 9.65. The molecule has 2 heterocycles. The SMILES string of the molecule is C#CC(C)CC.C=CO.CC.CCC.CCI.CNCCCC=O.NC=O.NCc1ccc2c(n1)NCCC2. The number of amides is 1. The molecule has 39 heavy (non-hydrogen) atoms. The molecule has 1 unspecified atom stereocenters. The van der Waals surface area contributed by atoms with E-state index >= 15 is 0 Å². The van der Waals surface area contributed by atoms with E-state index in [2.05, 4.69) is 90.2 Å². The van der Waals surface area contributed by atoms with E-state index in [-0.39, 0.29) is 6.41 Å². The fraction of sp³-hybridized carbons (Fsp3) is 0.633. The van der Waals surface area contributed by atoms with Gasteiger partial charge < -0.3 is 32.0 Å². The van der Waals surface area contributed by atoms with Crippen LogP contribution in [0.1, 0.15) is 91.8 Å². The fourth-order valence-electron chi connectivity index (χ4n) is 1.96. The smallest absolute Gasteiger partial charge is 0.204 e. The number of unbranched alkanes of at least 4 members (excludes halogenated alkanes) is 1. The molecule has 0 radical (unpaired) electrons. The number of aldehydes is 1. The van der Waals surface area contributed by atoms with E-state index in [4.69, 9.17) is 22.1 Å². The predicted molar refractivity (Wildman–Crippen MR) is 181 cm³/mol. The van der Waals surface area contributed by atoms with Gasteiger partial charge in [-0.05, 0) is 55.3 Å². The Morgan fingerprint density at radius 2 is 1.77 bits per heavy atom. The van der Waals surface area contributed by atoms with Gasteiger partial charge in [0.05, 0.1) is 12.0 Å². The highest BCUT2D eigenvalue weighted by molar-refractivity contribution is 14.1. The lowest BCUT2D eigenvalue weighted by Gasteiger charge is -2.16. The number of alkyl halides is 1. The molecule has 0 saturated heterocycles. The number of carbonyl (C=O) groups excluding carboxylic acids is 2. The Kier molecular flexibility index (Phi) is 66.7. The van der Waals surface area contributed by atoms with Gasteiger partial charge in [-0.2, -0.15) is 0 Å². The van der Waals surface area contributed by atoms with Crippen molar-refractivity contribution in [2.75, 3.05) is 29.9 Å². The van der Waals surface area contributed by atoms with Crippen molar-refractivity contribution >= 4 is 41.1 Å². The Hall–Kier alpha value is -2.16. The molecule has 0 aliphatic carbocycles. The minimum Gasteiger partial charge on any atom is -0.516 e. The number of nitrogens with one attached hydrogen (secondary N) is 2. The molecule has 0 fully saturated rings. The molecule has 8 nitrogen and oxygen atoms in total. The number of carbonyl (C=O) groups is 2. The third-order valence-corrected chi connectivity index (χ3v) is 3.81. The molecule has 1 aromatic heterocycles. The van der Waals surface area contributed by atoms with E-state index in [0.717, 1.165) is 56.4 Å². The molecule has 1 aromatic rings. The molecule has 1 atom stereocenters. The highest BCUT2D eigenvalue weighted by Gasteiger charge is 2.09. The first-order valence-electron chi connectivity index (χ1n) is 13.7. The van der Waals surface area contributed by atoms with Crippen molar-refractivity contribution in [1.82, 2.24) is 10.3 Å². The van der Waals surface area contributed by atoms with Crippen LogP contribution in [0.25, 0.3) is 0 Å². The van der Waals surface area contributed by atoms with Crippen LogP contribution >= 0.6 is 22.6 Å². The molecule has 0 saturated carbocycles. The number of fused-ring (bicyclic) bond motifs is 1. The Bertz CT molecular complexity index is 634. The summed E-state index contributed by atoms with van der Waals surface area (Å²) in [6, 6.07) is 4.13. The lowest BCUT2D eigenvalue weighted by atomic mass is 10.1. The third-order valence-electron chi connectivity index (χ3n) is 3.81. The second kappa shape index (κ2) is 52.3. The van der Waals surface area contributed by atoms with Crippen LogP contribution in [0.2, 0.25) is 0 Å². The monoisotopic (exact) mass is 665 g/mol. The number of pyridine rings is 1. The van der Waals surface area contributed by atoms with Crippen molar-refractivity contribution in [2.45, 2.75) is 93.5 Å². The van der Waals surface area contributed by atoms with Gasteiger partial charge in [0.25, 0.3) is 0 Å². The van der Waals surface area contributed by atoms with Gasteiger partial charge in [0.1, 0.15) is 12.1 Å². The lowest BCUT2D eigenvalue weighted by molar-refractivity contribution is -0.108. The highest BCUT2D eigenvalue weighted by atomic mass is 127. The largest absolute Gasteiger partial charge is 0.516 e. The molecular weight excluding hydrogens is 605 g/mol. The summed E-state index contributed by atoms with van der Waals surface area (Å²) >= 11 is 2.29. The fourth-order valence-corrected chi connectivity index (χ4v) is 1.96. The minimum absolute atomic E-state index is 0.250. The Balaban J connectivity index is -0.0000000883. The molecule has 1 aliphatic heterocycles. The van der Waals surface area contributed by atoms with Gasteiger partial charge in [0.15, 0.2) is 0 Å². The van der Waals surface area contributed by atoms with Crippen LogP contribution in [0.3, 0.4) is 0 Å². The number of hydrogen-bond donors (Lipinski definition) is 5. The average Bonchev–Trinajstić information content (AvgIpc) is 2.96. The number of halogens is 1. The molecule has 2 rings (SSSR count). The van der Waals surface area contributed by atoms with Crippen LogP contribution in [-0.2, 0) is 22.6 Å². The van der Waals surface area contributed by atoms with E-state index in [9.17, 15) is 4.79 Å². The maximum Gasteiger partial charge on any atom is 0.204 e. The number of aromatic nitrogens is 1. The van der Waals surface area contributed by atoms with Gasteiger partial charge in [0.2, 0.25) is 6.41 Å². The number of aryl methyl sites for hydroxylation is 1. The van der Waals surface area contributed by atoms with Crippen LogP contribution in [-0.4, -0.2) is 47.4 Å². The summed E-state index contributed by atoms with van der Waals surface area (Å²) in [6.45, 7) is 19.9. The normalized spacial score (nSPS) is 9.87. The van der Waals surface area contributed by atoms with E-state index < -0.39 is 0 Å². The number of aliphatic hydroxyl groups excluding tert-OH is 1. The quantitative estimate of drug-likeness (QED) is 0.0589. The summed E-state index contributed by atoms with van der Waals surface area (Å²) in [5, 5.41) is 13.5. The zero-order chi connectivity index (χ0) is 31.7. The van der Waals surface area contributed by atoms with Crippen LogP contribution in [0.15, 0.2) is 25.0 Å². The number of aliphatic hydroxyl groups is 1. The Morgan fingerprint density at radius 1 is 1.28 bits per heavy atom. The van der Waals surface area contributed by atoms with Crippen LogP contribution in [0, 0.1) is 18.3 Å². The Labute approximate surface area is 254 Å². The van der Waals surface area contributed by atoms with Gasteiger partial charge in [-0.3, -0.25) is 4.79 Å². The van der Waals surface area contributed by atoms with Gasteiger partial charge in [0, 0.05) is 25.4 Å². The molecule has 1 aliphatic rings. The first kappa shape index (κ1) is 49.8. The molecule has 0 spiro atoms. The third kappa shape index (κ3) is 53.0. The molecule has 1 amide bonds. The number of nitrogens with zero attached hydrogens (tertiary/aromatic N) is 1. The van der Waals surface area contributed by atoms with Crippen molar-refractivity contribution in [3.8, 4) is 12.3 Å². The number of rotatable bonds is 6. The van der Waals surface area contributed by atoms with Crippen molar-refractivity contribution in [2.24, 2.45) is 17.4 Å². The summed E-state index contributed by atoms with van der Waals surface area (Å²) in [5.41, 5.74) is 11.9. The molecule has 7 N–H and O–H groups in total. The van der Waals surface area contributed by atoms with Crippen molar-refractivity contribution < 1.29 is 14.7 Å². The van der Waals surface area contributed by atoms with Gasteiger partial charge >= 0.3 is 0 Å². The zero-order valence-electron chi connectivity index (χ0n) is 26.1. The minimum atomic E-state index is 0.250. The molecule has 0 aromatic carbocycles. The van der Waals surface area contributed by atoms with Crippen molar-refractivity contribution in [3.05, 3.63) is 36.2 Å². The molecule has 0 bridgehead atoms. The van der Waals surface area contributed by atoms with Gasteiger partial charge in [-0.25, -0.2) is 4.98 Å². The maximum absolute atomic E-state index is 9.65. The zero-order valence-corrected chi connectivity index (χ0v) is 28.2. The number of primary amides is 1. The number of hydrogen-bond acceptors (Lipinski definition) is 7. The summed E-state index contributed by atoms with van der Waals surface area (Å²) < 4.78 is 1.22.